The monoisotopic (exact) mass is 205 g/mol. The van der Waals surface area contributed by atoms with Crippen LogP contribution in [0.4, 0.5) is 0 Å². The smallest absolute Gasteiger partial charge is 0.136 e. The van der Waals surface area contributed by atoms with E-state index in [1.807, 2.05) is 18.3 Å². The van der Waals surface area contributed by atoms with Gasteiger partial charge in [-0.2, -0.15) is 5.26 Å². The lowest BCUT2D eigenvalue weighted by molar-refractivity contribution is 0.109. The maximum atomic E-state index is 9.00. The van der Waals surface area contributed by atoms with Crippen LogP contribution in [0, 0.1) is 11.3 Å². The fraction of sp³-hybridized carbons (Fsp3) is 0.545. The van der Waals surface area contributed by atoms with Crippen molar-refractivity contribution in [2.45, 2.75) is 25.0 Å². The van der Waals surface area contributed by atoms with Crippen molar-refractivity contribution in [2.75, 3.05) is 13.2 Å². The molecule has 2 unspecified atom stereocenters. The highest BCUT2D eigenvalue weighted by atomic mass is 16.5. The van der Waals surface area contributed by atoms with Crippen LogP contribution in [0.15, 0.2) is 18.3 Å². The molecule has 0 radical (unpaired) electrons. The number of nitriles is 1. The Morgan fingerprint density at radius 2 is 2.67 bits per heavy atom. The molecule has 1 aliphatic heterocycles. The molecule has 1 aromatic rings. The minimum absolute atomic E-state index is 0.260. The predicted octanol–water partition coefficient (Wildman–Crippen LogP) is 1.35. The second-order valence-corrected chi connectivity index (χ2v) is 3.73. The molecule has 1 aliphatic rings. The topological polar surface area (TPSA) is 60.8 Å². The number of H-pyrrole nitrogens is 1. The number of ether oxygens (including phenoxy) is 1. The highest BCUT2D eigenvalue weighted by Gasteiger charge is 2.18. The van der Waals surface area contributed by atoms with Crippen LogP contribution in [-0.4, -0.2) is 24.2 Å². The van der Waals surface area contributed by atoms with E-state index in [0.717, 1.165) is 31.7 Å². The molecule has 1 fully saturated rings. The average molecular weight is 205 g/mol. The molecule has 1 saturated heterocycles. The molecule has 2 N–H and O–H groups in total. The molecule has 0 saturated carbocycles. The summed E-state index contributed by atoms with van der Waals surface area (Å²) in [7, 11) is 0. The minimum Gasteiger partial charge on any atom is -0.377 e. The lowest BCUT2D eigenvalue weighted by Gasteiger charge is -2.13. The van der Waals surface area contributed by atoms with Gasteiger partial charge in [0, 0.05) is 25.0 Å². The highest BCUT2D eigenvalue weighted by molar-refractivity contribution is 5.15. The zero-order chi connectivity index (χ0) is 10.5. The minimum atomic E-state index is -0.260. The molecule has 4 heteroatoms. The van der Waals surface area contributed by atoms with Gasteiger partial charge in [-0.05, 0) is 25.0 Å². The van der Waals surface area contributed by atoms with Crippen LogP contribution < -0.4 is 5.32 Å². The molecule has 0 aromatic carbocycles. The lowest BCUT2D eigenvalue weighted by Crippen LogP contribution is -2.29. The van der Waals surface area contributed by atoms with Crippen molar-refractivity contribution >= 4 is 0 Å². The summed E-state index contributed by atoms with van der Waals surface area (Å²) in [6.45, 7) is 1.60. The quantitative estimate of drug-likeness (QED) is 0.780. The molecule has 15 heavy (non-hydrogen) atoms. The van der Waals surface area contributed by atoms with Gasteiger partial charge in [-0.1, -0.05) is 0 Å². The van der Waals surface area contributed by atoms with E-state index < -0.39 is 0 Å². The van der Waals surface area contributed by atoms with Gasteiger partial charge in [-0.15, -0.1) is 0 Å². The van der Waals surface area contributed by atoms with Crippen molar-refractivity contribution in [3.63, 3.8) is 0 Å². The Morgan fingerprint density at radius 3 is 3.27 bits per heavy atom. The summed E-state index contributed by atoms with van der Waals surface area (Å²) in [5.74, 6) is 0. The van der Waals surface area contributed by atoms with Gasteiger partial charge in [0.15, 0.2) is 0 Å². The van der Waals surface area contributed by atoms with Crippen LogP contribution in [0.25, 0.3) is 0 Å². The van der Waals surface area contributed by atoms with Crippen molar-refractivity contribution < 1.29 is 4.74 Å². The van der Waals surface area contributed by atoms with Crippen molar-refractivity contribution in [2.24, 2.45) is 0 Å². The third-order valence-electron chi connectivity index (χ3n) is 2.64. The number of rotatable bonds is 4. The van der Waals surface area contributed by atoms with Gasteiger partial charge in [-0.25, -0.2) is 0 Å². The van der Waals surface area contributed by atoms with Gasteiger partial charge in [-0.3, -0.25) is 5.32 Å². The van der Waals surface area contributed by atoms with Crippen molar-refractivity contribution in [3.05, 3.63) is 24.0 Å². The first-order chi connectivity index (χ1) is 7.40. The Kier molecular flexibility index (Phi) is 3.38. The number of nitrogens with zero attached hydrogens (tertiary/aromatic N) is 1. The number of nitrogens with one attached hydrogen (secondary N) is 2. The van der Waals surface area contributed by atoms with Crippen LogP contribution in [-0.2, 0) is 4.74 Å². The van der Waals surface area contributed by atoms with Gasteiger partial charge in [0.05, 0.1) is 12.2 Å². The Morgan fingerprint density at radius 1 is 1.73 bits per heavy atom. The second kappa shape index (κ2) is 4.96. The summed E-state index contributed by atoms with van der Waals surface area (Å²) in [6, 6.07) is 5.78. The molecule has 80 valence electrons. The summed E-state index contributed by atoms with van der Waals surface area (Å²) in [4.78, 5) is 3.04. The average Bonchev–Trinajstić information content (AvgIpc) is 2.90. The van der Waals surface area contributed by atoms with Crippen molar-refractivity contribution in [1.29, 1.82) is 5.26 Å². The summed E-state index contributed by atoms with van der Waals surface area (Å²) in [5, 5.41) is 12.2. The van der Waals surface area contributed by atoms with E-state index in [-0.39, 0.29) is 12.1 Å². The fourth-order valence-electron chi connectivity index (χ4n) is 1.80. The first-order valence-electron chi connectivity index (χ1n) is 5.28. The van der Waals surface area contributed by atoms with E-state index in [0.29, 0.717) is 0 Å². The Balaban J connectivity index is 1.84. The number of aromatic nitrogens is 1. The molecule has 2 atom stereocenters. The number of hydrogen-bond donors (Lipinski definition) is 2. The van der Waals surface area contributed by atoms with E-state index in [4.69, 9.17) is 10.00 Å². The second-order valence-electron chi connectivity index (χ2n) is 3.73. The Labute approximate surface area is 89.2 Å². The van der Waals surface area contributed by atoms with Crippen molar-refractivity contribution in [1.82, 2.24) is 10.3 Å². The molecule has 2 rings (SSSR count). The number of hydrogen-bond acceptors (Lipinski definition) is 3. The maximum Gasteiger partial charge on any atom is 0.136 e. The lowest BCUT2D eigenvalue weighted by atomic mass is 10.2. The summed E-state index contributed by atoms with van der Waals surface area (Å²) in [6.07, 6.45) is 4.32. The predicted molar refractivity (Wildman–Crippen MR) is 56.1 cm³/mol. The zero-order valence-corrected chi connectivity index (χ0v) is 8.57. The molecule has 0 bridgehead atoms. The van der Waals surface area contributed by atoms with Gasteiger partial charge in [0.2, 0.25) is 0 Å². The van der Waals surface area contributed by atoms with E-state index in [9.17, 15) is 0 Å². The third-order valence-corrected chi connectivity index (χ3v) is 2.64. The normalized spacial score (nSPS) is 22.5. The summed E-state index contributed by atoms with van der Waals surface area (Å²) in [5.41, 5.74) is 0.912. The summed E-state index contributed by atoms with van der Waals surface area (Å²) >= 11 is 0. The van der Waals surface area contributed by atoms with Crippen LogP contribution >= 0.6 is 0 Å². The SMILES string of the molecule is N#CC(NCC1CCCO1)c1ccc[nH]1. The van der Waals surface area contributed by atoms with E-state index in [2.05, 4.69) is 16.4 Å². The molecular formula is C11H15N3O. The Bertz CT molecular complexity index is 322. The Hall–Kier alpha value is -1.31. The maximum absolute atomic E-state index is 9.00. The number of aromatic amines is 1. The van der Waals surface area contributed by atoms with Crippen LogP contribution in [0.3, 0.4) is 0 Å². The van der Waals surface area contributed by atoms with E-state index in [1.165, 1.54) is 0 Å². The fourth-order valence-corrected chi connectivity index (χ4v) is 1.80. The molecule has 0 spiro atoms. The van der Waals surface area contributed by atoms with E-state index in [1.54, 1.807) is 0 Å². The first-order valence-corrected chi connectivity index (χ1v) is 5.28. The molecule has 1 aromatic heterocycles. The molecule has 4 nitrogen and oxygen atoms in total. The van der Waals surface area contributed by atoms with Crippen LogP contribution in [0.1, 0.15) is 24.6 Å². The first kappa shape index (κ1) is 10.2. The van der Waals surface area contributed by atoms with Crippen LogP contribution in [0.2, 0.25) is 0 Å². The van der Waals surface area contributed by atoms with Crippen LogP contribution in [0.5, 0.6) is 0 Å². The highest BCUT2D eigenvalue weighted by Crippen LogP contribution is 2.13. The largest absolute Gasteiger partial charge is 0.377 e. The van der Waals surface area contributed by atoms with Gasteiger partial charge >= 0.3 is 0 Å². The standard InChI is InChI=1S/C11H15N3O/c12-7-11(10-4-1-5-13-10)14-8-9-3-2-6-15-9/h1,4-5,9,11,13-14H,2-3,6,8H2. The third kappa shape index (κ3) is 2.58. The zero-order valence-electron chi connectivity index (χ0n) is 8.57. The van der Waals surface area contributed by atoms with Crippen molar-refractivity contribution in [3.8, 4) is 6.07 Å². The summed E-state index contributed by atoms with van der Waals surface area (Å²) < 4.78 is 5.48. The molecular weight excluding hydrogens is 190 g/mol. The van der Waals surface area contributed by atoms with Gasteiger partial charge in [0.25, 0.3) is 0 Å². The molecule has 0 aliphatic carbocycles. The van der Waals surface area contributed by atoms with E-state index >= 15 is 0 Å². The van der Waals surface area contributed by atoms with Gasteiger partial charge < -0.3 is 9.72 Å². The van der Waals surface area contributed by atoms with Gasteiger partial charge in [0.1, 0.15) is 6.04 Å². The molecule has 2 heterocycles. The molecule has 0 amide bonds.